The molecule has 1 amide bonds. The molecule has 0 unspecified atom stereocenters. The van der Waals surface area contributed by atoms with Crippen LogP contribution in [0.2, 0.25) is 0 Å². The van der Waals surface area contributed by atoms with E-state index in [9.17, 15) is 18.0 Å². The van der Waals surface area contributed by atoms with Crippen LogP contribution in [-0.4, -0.2) is 47.9 Å². The maximum Gasteiger partial charge on any atom is 0.416 e. The van der Waals surface area contributed by atoms with Crippen LogP contribution in [0.15, 0.2) is 24.3 Å². The van der Waals surface area contributed by atoms with Crippen LogP contribution in [0.4, 0.5) is 13.2 Å². The molecule has 0 bridgehead atoms. The molecule has 2 fully saturated rings. The zero-order valence-corrected chi connectivity index (χ0v) is 17.5. The zero-order chi connectivity index (χ0) is 21.3. The molecule has 4 atom stereocenters. The van der Waals surface area contributed by atoms with Gasteiger partial charge in [-0.1, -0.05) is 32.0 Å². The third kappa shape index (κ3) is 5.12. The monoisotopic (exact) mass is 411 g/mol. The zero-order valence-electron chi connectivity index (χ0n) is 17.5. The van der Waals surface area contributed by atoms with Gasteiger partial charge in [-0.05, 0) is 48.6 Å². The van der Waals surface area contributed by atoms with Crippen molar-refractivity contribution in [2.45, 2.75) is 57.9 Å². The first-order valence-electron chi connectivity index (χ1n) is 10.5. The summed E-state index contributed by atoms with van der Waals surface area (Å²) in [5, 5.41) is 0. The van der Waals surface area contributed by atoms with E-state index in [1.54, 1.807) is 6.07 Å². The van der Waals surface area contributed by atoms with Crippen LogP contribution in [0.5, 0.6) is 0 Å². The first-order valence-corrected chi connectivity index (χ1v) is 10.5. The molecule has 3 rings (SSSR count). The Morgan fingerprint density at radius 3 is 2.66 bits per heavy atom. The van der Waals surface area contributed by atoms with Crippen LogP contribution in [-0.2, 0) is 17.5 Å². The molecular formula is C22H32F3N3O. The normalized spacial score (nSPS) is 26.0. The molecule has 2 aliphatic rings. The van der Waals surface area contributed by atoms with E-state index in [-0.39, 0.29) is 11.9 Å². The highest BCUT2D eigenvalue weighted by molar-refractivity contribution is 5.81. The van der Waals surface area contributed by atoms with E-state index in [2.05, 4.69) is 18.7 Å². The molecular weight excluding hydrogens is 379 g/mol. The van der Waals surface area contributed by atoms with Crippen molar-refractivity contribution in [3.05, 3.63) is 35.4 Å². The number of hydrogen-bond donors (Lipinski definition) is 1. The number of fused-ring (bicyclic) bond motifs is 1. The Kier molecular flexibility index (Phi) is 6.58. The molecule has 29 heavy (non-hydrogen) atoms. The number of carbonyl (C=O) groups is 1. The summed E-state index contributed by atoms with van der Waals surface area (Å²) in [6, 6.07) is 5.27. The van der Waals surface area contributed by atoms with Gasteiger partial charge in [0.1, 0.15) is 0 Å². The number of alkyl halides is 3. The summed E-state index contributed by atoms with van der Waals surface area (Å²) in [5.74, 6) is 1.22. The average molecular weight is 412 g/mol. The molecule has 1 aromatic carbocycles. The number of rotatable bonds is 6. The maximum absolute atomic E-state index is 13.0. The molecule has 2 N–H and O–H groups in total. The van der Waals surface area contributed by atoms with Gasteiger partial charge in [-0.15, -0.1) is 0 Å². The van der Waals surface area contributed by atoms with E-state index < -0.39 is 17.8 Å². The first kappa shape index (κ1) is 22.1. The molecule has 0 aromatic heterocycles. The van der Waals surface area contributed by atoms with E-state index >= 15 is 0 Å². The van der Waals surface area contributed by atoms with Crippen molar-refractivity contribution < 1.29 is 18.0 Å². The standard InChI is InChI=1S/C22H32F3N3O/c1-14(2)9-19(26)21(29)27(3)20-8-7-16-12-28(13-18(16)20)11-15-5-4-6-17(10-15)22(23,24)25/h4-6,10,14,16,18-20H,7-9,11-13,26H2,1-3H3/t16-,18+,19+,20+/m0/s1. The van der Waals surface area contributed by atoms with Gasteiger partial charge < -0.3 is 10.6 Å². The largest absolute Gasteiger partial charge is 0.416 e. The number of carbonyl (C=O) groups excluding carboxylic acids is 1. The molecule has 1 aromatic rings. The second-order valence-corrected chi connectivity index (χ2v) is 9.15. The number of nitrogens with zero attached hydrogens (tertiary/aromatic N) is 2. The minimum atomic E-state index is -4.32. The number of nitrogens with two attached hydrogens (primary N) is 1. The lowest BCUT2D eigenvalue weighted by Gasteiger charge is -2.32. The Hall–Kier alpha value is -1.60. The molecule has 1 saturated carbocycles. The lowest BCUT2D eigenvalue weighted by atomic mass is 9.96. The topological polar surface area (TPSA) is 49.6 Å². The van der Waals surface area contributed by atoms with Crippen molar-refractivity contribution in [3.63, 3.8) is 0 Å². The molecule has 1 saturated heterocycles. The number of halogens is 3. The van der Waals surface area contributed by atoms with Crippen molar-refractivity contribution in [1.29, 1.82) is 0 Å². The predicted molar refractivity (Wildman–Crippen MR) is 107 cm³/mol. The van der Waals surface area contributed by atoms with Crippen molar-refractivity contribution in [2.75, 3.05) is 20.1 Å². The SMILES string of the molecule is CC(C)C[C@@H](N)C(=O)N(C)[C@@H]1CC[C@H]2CN(Cc3cccc(C(F)(F)F)c3)C[C@H]21. The van der Waals surface area contributed by atoms with Gasteiger partial charge >= 0.3 is 6.18 Å². The fourth-order valence-corrected chi connectivity index (χ4v) is 5.08. The number of likely N-dealkylation sites (N-methyl/N-ethyl adjacent to an activating group) is 1. The molecule has 7 heteroatoms. The number of hydrogen-bond acceptors (Lipinski definition) is 3. The summed E-state index contributed by atoms with van der Waals surface area (Å²) in [6.45, 7) is 6.30. The Balaban J connectivity index is 1.62. The maximum atomic E-state index is 13.0. The van der Waals surface area contributed by atoms with Crippen molar-refractivity contribution in [1.82, 2.24) is 9.80 Å². The summed E-state index contributed by atoms with van der Waals surface area (Å²) >= 11 is 0. The minimum Gasteiger partial charge on any atom is -0.341 e. The highest BCUT2D eigenvalue weighted by Gasteiger charge is 2.45. The Morgan fingerprint density at radius 2 is 2.00 bits per heavy atom. The van der Waals surface area contributed by atoms with Gasteiger partial charge in [-0.25, -0.2) is 0 Å². The molecule has 1 heterocycles. The lowest BCUT2D eigenvalue weighted by Crippen LogP contribution is -2.49. The molecule has 162 valence electrons. The molecule has 1 aliphatic carbocycles. The fraction of sp³-hybridized carbons (Fsp3) is 0.682. The van der Waals surface area contributed by atoms with Crippen LogP contribution in [0, 0.1) is 17.8 Å². The third-order valence-corrected chi connectivity index (χ3v) is 6.44. The number of amides is 1. The van der Waals surface area contributed by atoms with Crippen LogP contribution < -0.4 is 5.73 Å². The summed E-state index contributed by atoms with van der Waals surface area (Å²) in [5.41, 5.74) is 6.19. The average Bonchev–Trinajstić information content (AvgIpc) is 3.19. The third-order valence-electron chi connectivity index (χ3n) is 6.44. The summed E-state index contributed by atoms with van der Waals surface area (Å²) < 4.78 is 38.9. The van der Waals surface area contributed by atoms with Gasteiger partial charge in [0.15, 0.2) is 0 Å². The van der Waals surface area contributed by atoms with Gasteiger partial charge in [-0.2, -0.15) is 13.2 Å². The number of likely N-dealkylation sites (tertiary alicyclic amines) is 1. The molecule has 4 nitrogen and oxygen atoms in total. The van der Waals surface area contributed by atoms with Gasteiger partial charge in [0.25, 0.3) is 0 Å². The smallest absolute Gasteiger partial charge is 0.341 e. The second-order valence-electron chi connectivity index (χ2n) is 9.15. The molecule has 1 aliphatic heterocycles. The van der Waals surface area contributed by atoms with Crippen molar-refractivity contribution in [2.24, 2.45) is 23.5 Å². The molecule has 0 radical (unpaired) electrons. The number of benzene rings is 1. The van der Waals surface area contributed by atoms with Gasteiger partial charge in [0.05, 0.1) is 11.6 Å². The van der Waals surface area contributed by atoms with Gasteiger partial charge in [0, 0.05) is 32.7 Å². The highest BCUT2D eigenvalue weighted by Crippen LogP contribution is 2.41. The van der Waals surface area contributed by atoms with Crippen LogP contribution in [0.1, 0.15) is 44.2 Å². The Bertz CT molecular complexity index is 721. The van der Waals surface area contributed by atoms with E-state index in [4.69, 9.17) is 5.73 Å². The first-order chi connectivity index (χ1) is 13.6. The van der Waals surface area contributed by atoms with Crippen molar-refractivity contribution >= 4 is 5.91 Å². The molecule has 0 spiro atoms. The quantitative estimate of drug-likeness (QED) is 0.776. The van der Waals surface area contributed by atoms with E-state index in [1.165, 1.54) is 12.1 Å². The van der Waals surface area contributed by atoms with Crippen LogP contribution in [0.25, 0.3) is 0 Å². The van der Waals surface area contributed by atoms with Gasteiger partial charge in [0.2, 0.25) is 5.91 Å². The summed E-state index contributed by atoms with van der Waals surface area (Å²) in [4.78, 5) is 16.8. The lowest BCUT2D eigenvalue weighted by molar-refractivity contribution is -0.137. The van der Waals surface area contributed by atoms with E-state index in [1.807, 2.05) is 11.9 Å². The Labute approximate surface area is 171 Å². The van der Waals surface area contributed by atoms with Gasteiger partial charge in [-0.3, -0.25) is 9.69 Å². The Morgan fingerprint density at radius 1 is 1.28 bits per heavy atom. The van der Waals surface area contributed by atoms with Crippen molar-refractivity contribution in [3.8, 4) is 0 Å². The summed E-state index contributed by atoms with van der Waals surface area (Å²) in [7, 11) is 1.85. The van der Waals surface area contributed by atoms with E-state index in [0.717, 1.165) is 32.0 Å². The highest BCUT2D eigenvalue weighted by atomic mass is 19.4. The minimum absolute atomic E-state index is 0.000628. The second kappa shape index (κ2) is 8.64. The predicted octanol–water partition coefficient (Wildman–Crippen LogP) is 3.75. The van der Waals surface area contributed by atoms with Crippen LogP contribution >= 0.6 is 0 Å². The van der Waals surface area contributed by atoms with Crippen LogP contribution in [0.3, 0.4) is 0 Å². The van der Waals surface area contributed by atoms with E-state index in [0.29, 0.717) is 36.3 Å². The fourth-order valence-electron chi connectivity index (χ4n) is 5.08. The summed E-state index contributed by atoms with van der Waals surface area (Å²) in [6.07, 6.45) is -1.62.